The molecule has 2 aromatic rings. The lowest BCUT2D eigenvalue weighted by atomic mass is 10.1. The van der Waals surface area contributed by atoms with E-state index in [9.17, 15) is 26.3 Å². The molecule has 4 rings (SSSR count). The van der Waals surface area contributed by atoms with Gasteiger partial charge in [-0.05, 0) is 12.5 Å². The number of anilines is 3. The van der Waals surface area contributed by atoms with Crippen molar-refractivity contribution in [3.63, 3.8) is 0 Å². The Bertz CT molecular complexity index is 1060. The second-order valence-electron chi connectivity index (χ2n) is 8.82. The molecule has 36 heavy (non-hydrogen) atoms. The molecule has 0 amide bonds. The fourth-order valence-electron chi connectivity index (χ4n) is 4.47. The van der Waals surface area contributed by atoms with E-state index in [1.165, 1.54) is 17.2 Å². The second kappa shape index (κ2) is 10.5. The summed E-state index contributed by atoms with van der Waals surface area (Å²) >= 11 is 0. The van der Waals surface area contributed by atoms with E-state index < -0.39 is 25.5 Å². The first-order chi connectivity index (χ1) is 17.0. The van der Waals surface area contributed by atoms with Crippen LogP contribution in [0.25, 0.3) is 11.3 Å². The Hall–Kier alpha value is -3.03. The number of alkyl halides is 6. The first kappa shape index (κ1) is 26.0. The van der Waals surface area contributed by atoms with Crippen LogP contribution in [0.4, 0.5) is 43.9 Å². The van der Waals surface area contributed by atoms with Crippen molar-refractivity contribution in [2.45, 2.75) is 44.8 Å². The molecule has 2 N–H and O–H groups in total. The average molecular weight is 519 g/mol. The summed E-state index contributed by atoms with van der Waals surface area (Å²) in [5.74, 6) is -3.02. The number of rotatable bonds is 8. The number of aromatic nitrogens is 3. The Kier molecular flexibility index (Phi) is 7.62. The first-order valence-electron chi connectivity index (χ1n) is 11.5. The number of nitrogens with zero attached hydrogens (tertiary/aromatic N) is 6. The number of pyridine rings is 1. The molecule has 4 heterocycles. The van der Waals surface area contributed by atoms with E-state index in [0.29, 0.717) is 31.9 Å². The molecule has 2 saturated heterocycles. The second-order valence-corrected chi connectivity index (χ2v) is 8.82. The molecular weight excluding hydrogens is 492 g/mol. The number of nitrogens with two attached hydrogens (primary N) is 1. The summed E-state index contributed by atoms with van der Waals surface area (Å²) < 4.78 is 83.9. The van der Waals surface area contributed by atoms with Crippen LogP contribution >= 0.6 is 0 Å². The molecule has 8 nitrogen and oxygen atoms in total. The summed E-state index contributed by atoms with van der Waals surface area (Å²) in [4.78, 5) is 17.8. The monoisotopic (exact) mass is 519 g/mol. The van der Waals surface area contributed by atoms with Crippen LogP contribution in [0.15, 0.2) is 18.3 Å². The van der Waals surface area contributed by atoms with Crippen molar-refractivity contribution < 1.29 is 31.1 Å². The van der Waals surface area contributed by atoms with Crippen molar-refractivity contribution in [1.82, 2.24) is 19.9 Å². The largest absolute Gasteiger partial charge is 0.431 e. The molecule has 0 unspecified atom stereocenters. The number of hydrogen-bond acceptors (Lipinski definition) is 8. The Balaban J connectivity index is 1.70. The lowest BCUT2D eigenvalue weighted by Gasteiger charge is -2.41. The maximum Gasteiger partial charge on any atom is 0.387 e. The van der Waals surface area contributed by atoms with Gasteiger partial charge in [-0.25, -0.2) is 27.5 Å². The molecule has 0 saturated carbocycles. The van der Waals surface area contributed by atoms with Gasteiger partial charge in [-0.1, -0.05) is 6.92 Å². The fourth-order valence-corrected chi connectivity index (χ4v) is 4.47. The molecule has 2 aliphatic heterocycles. The highest BCUT2D eigenvalue weighted by Gasteiger charge is 2.40. The molecule has 0 aromatic carbocycles. The van der Waals surface area contributed by atoms with E-state index in [-0.39, 0.29) is 54.3 Å². The molecule has 0 radical (unpaired) electrons. The number of ether oxygens (including phenoxy) is 1. The van der Waals surface area contributed by atoms with Crippen LogP contribution in [0.5, 0.6) is 5.75 Å². The van der Waals surface area contributed by atoms with Gasteiger partial charge in [0.2, 0.25) is 5.95 Å². The van der Waals surface area contributed by atoms with Crippen LogP contribution in [0.3, 0.4) is 0 Å². The highest BCUT2D eigenvalue weighted by atomic mass is 19.3. The van der Waals surface area contributed by atoms with Gasteiger partial charge in [0, 0.05) is 56.5 Å². The Morgan fingerprint density at radius 3 is 2.53 bits per heavy atom. The Morgan fingerprint density at radius 2 is 1.89 bits per heavy atom. The number of halogens is 6. The van der Waals surface area contributed by atoms with Gasteiger partial charge < -0.3 is 20.3 Å². The van der Waals surface area contributed by atoms with Crippen LogP contribution in [0, 0.1) is 0 Å². The zero-order valence-electron chi connectivity index (χ0n) is 19.6. The van der Waals surface area contributed by atoms with Crippen LogP contribution in [0.2, 0.25) is 0 Å². The molecule has 2 aromatic heterocycles. The van der Waals surface area contributed by atoms with Crippen molar-refractivity contribution >= 4 is 17.6 Å². The van der Waals surface area contributed by atoms with Crippen molar-refractivity contribution in [3.8, 4) is 17.0 Å². The standard InChI is InChI=1S/C22H27F6N7O/c1-2-14-10-34(6-5-33(14)11-17(23)24)18-8-15(13-7-16(36-20(25)26)19(29)30-9-13)31-21(32-18)35-4-3-22(27,28)12-35/h7-9,14,17,20H,2-6,10-12H2,1H3,(H2,29,30)/t14-/m0/s1. The third kappa shape index (κ3) is 6.02. The van der Waals surface area contributed by atoms with Crippen molar-refractivity contribution in [3.05, 3.63) is 18.3 Å². The molecule has 0 spiro atoms. The van der Waals surface area contributed by atoms with Gasteiger partial charge in [-0.3, -0.25) is 4.90 Å². The summed E-state index contributed by atoms with van der Waals surface area (Å²) in [5, 5.41) is 0. The van der Waals surface area contributed by atoms with Gasteiger partial charge in [0.1, 0.15) is 5.82 Å². The molecule has 0 bridgehead atoms. The fraction of sp³-hybridized carbons (Fsp3) is 0.591. The molecular formula is C22H27F6N7O. The van der Waals surface area contributed by atoms with Crippen LogP contribution in [0.1, 0.15) is 19.8 Å². The third-order valence-corrected chi connectivity index (χ3v) is 6.32. The summed E-state index contributed by atoms with van der Waals surface area (Å²) in [5.41, 5.74) is 6.17. The molecule has 1 atom stereocenters. The minimum Gasteiger partial charge on any atom is -0.431 e. The minimum absolute atomic E-state index is 0.0371. The van der Waals surface area contributed by atoms with Gasteiger partial charge in [0.25, 0.3) is 12.3 Å². The van der Waals surface area contributed by atoms with E-state index in [0.717, 1.165) is 0 Å². The van der Waals surface area contributed by atoms with Crippen LogP contribution in [-0.4, -0.2) is 84.1 Å². The maximum absolute atomic E-state index is 13.9. The number of nitrogen functional groups attached to an aromatic ring is 1. The lowest BCUT2D eigenvalue weighted by Crippen LogP contribution is -2.54. The maximum atomic E-state index is 13.9. The van der Waals surface area contributed by atoms with Crippen LogP contribution in [-0.2, 0) is 0 Å². The summed E-state index contributed by atoms with van der Waals surface area (Å²) in [7, 11) is 0. The van der Waals surface area contributed by atoms with E-state index in [2.05, 4.69) is 19.7 Å². The molecule has 198 valence electrons. The van der Waals surface area contributed by atoms with Gasteiger partial charge in [0.05, 0.1) is 18.8 Å². The van der Waals surface area contributed by atoms with Gasteiger partial charge >= 0.3 is 6.61 Å². The average Bonchev–Trinajstić information content (AvgIpc) is 3.19. The highest BCUT2D eigenvalue weighted by Crippen LogP contribution is 2.34. The van der Waals surface area contributed by atoms with Crippen molar-refractivity contribution in [1.29, 1.82) is 0 Å². The van der Waals surface area contributed by atoms with Gasteiger partial charge in [0.15, 0.2) is 11.6 Å². The highest BCUT2D eigenvalue weighted by molar-refractivity contribution is 5.68. The van der Waals surface area contributed by atoms with Crippen molar-refractivity contribution in [2.75, 3.05) is 54.8 Å². The molecule has 2 fully saturated rings. The van der Waals surface area contributed by atoms with Crippen LogP contribution < -0.4 is 20.3 Å². The normalized spacial score (nSPS) is 20.5. The van der Waals surface area contributed by atoms with E-state index in [4.69, 9.17) is 5.73 Å². The summed E-state index contributed by atoms with van der Waals surface area (Å²) in [6, 6.07) is 2.68. The van der Waals surface area contributed by atoms with Gasteiger partial charge in [-0.2, -0.15) is 13.8 Å². The number of hydrogen-bond donors (Lipinski definition) is 1. The first-order valence-corrected chi connectivity index (χ1v) is 11.5. The minimum atomic E-state index is -3.12. The zero-order valence-corrected chi connectivity index (χ0v) is 19.6. The molecule has 2 aliphatic rings. The number of piperazine rings is 1. The third-order valence-electron chi connectivity index (χ3n) is 6.32. The molecule has 14 heteroatoms. The smallest absolute Gasteiger partial charge is 0.387 e. The zero-order chi connectivity index (χ0) is 26.0. The topological polar surface area (TPSA) is 83.6 Å². The van der Waals surface area contributed by atoms with Gasteiger partial charge in [-0.15, -0.1) is 0 Å². The Morgan fingerprint density at radius 1 is 1.11 bits per heavy atom. The molecule has 0 aliphatic carbocycles. The van der Waals surface area contributed by atoms with E-state index >= 15 is 0 Å². The summed E-state index contributed by atoms with van der Waals surface area (Å²) in [6.45, 7) is -0.924. The SMILES string of the molecule is CC[C@H]1CN(c2cc(-c3cnc(N)c(OC(F)F)c3)nc(N3CCC(F)(F)C3)n2)CCN1CC(F)F. The predicted octanol–water partition coefficient (Wildman–Crippen LogP) is 3.73. The predicted molar refractivity (Wildman–Crippen MR) is 122 cm³/mol. The van der Waals surface area contributed by atoms with Crippen molar-refractivity contribution in [2.24, 2.45) is 0 Å². The summed E-state index contributed by atoms with van der Waals surface area (Å²) in [6.07, 6.45) is -0.863. The van der Waals surface area contributed by atoms with E-state index in [1.807, 2.05) is 11.8 Å². The lowest BCUT2D eigenvalue weighted by molar-refractivity contribution is -0.0494. The van der Waals surface area contributed by atoms with E-state index in [1.54, 1.807) is 11.0 Å². The quantitative estimate of drug-likeness (QED) is 0.529. The Labute approximate surface area is 204 Å².